The van der Waals surface area contributed by atoms with Crippen LogP contribution in [0.2, 0.25) is 0 Å². The number of halogens is 1. The normalized spacial score (nSPS) is 20.0. The first kappa shape index (κ1) is 29.9. The fourth-order valence-corrected chi connectivity index (χ4v) is 6.91. The molecule has 13 heteroatoms. The Hall–Kier alpha value is -3.13. The van der Waals surface area contributed by atoms with Crippen LogP contribution >= 0.6 is 0 Å². The summed E-state index contributed by atoms with van der Waals surface area (Å²) in [4.78, 5) is 22.9. The van der Waals surface area contributed by atoms with Gasteiger partial charge in [-0.15, -0.1) is 0 Å². The molecule has 1 amide bonds. The third kappa shape index (κ3) is 6.00. The number of benzene rings is 1. The van der Waals surface area contributed by atoms with Crippen molar-refractivity contribution >= 4 is 32.8 Å². The molecule has 11 nitrogen and oxygen atoms in total. The maximum Gasteiger partial charge on any atom is 0.303 e. The van der Waals surface area contributed by atoms with Crippen LogP contribution in [0.3, 0.4) is 0 Å². The second-order valence-electron chi connectivity index (χ2n) is 12.1. The molecule has 1 aromatic carbocycles. The van der Waals surface area contributed by atoms with Gasteiger partial charge in [0.2, 0.25) is 0 Å². The van der Waals surface area contributed by atoms with Crippen LogP contribution in [0, 0.1) is 11.7 Å². The zero-order valence-corrected chi connectivity index (χ0v) is 25.8. The van der Waals surface area contributed by atoms with Gasteiger partial charge in [-0.3, -0.25) is 9.69 Å². The lowest BCUT2D eigenvalue weighted by Gasteiger charge is -2.41. The smallest absolute Gasteiger partial charge is 0.303 e. The Balaban J connectivity index is 1.41. The number of hydrogen-bond donors (Lipinski definition) is 1. The van der Waals surface area contributed by atoms with Crippen molar-refractivity contribution in [3.8, 4) is 5.69 Å². The molecule has 0 spiro atoms. The first-order valence-electron chi connectivity index (χ1n) is 15.1. The van der Waals surface area contributed by atoms with E-state index in [1.54, 1.807) is 22.9 Å². The molecule has 2 aliphatic heterocycles. The lowest BCUT2D eigenvalue weighted by molar-refractivity contribution is 0.00450. The number of nitrogens with one attached hydrogen (secondary N) is 1. The van der Waals surface area contributed by atoms with Crippen LogP contribution < -0.4 is 9.62 Å². The molecule has 3 aliphatic rings. The van der Waals surface area contributed by atoms with Gasteiger partial charge in [0.1, 0.15) is 11.5 Å². The fraction of sp³-hybridized carbons (Fsp3) is 0.567. The van der Waals surface area contributed by atoms with Crippen molar-refractivity contribution in [2.24, 2.45) is 5.92 Å². The van der Waals surface area contributed by atoms with Crippen molar-refractivity contribution in [1.82, 2.24) is 28.7 Å². The zero-order valence-electron chi connectivity index (χ0n) is 25.0. The van der Waals surface area contributed by atoms with Crippen molar-refractivity contribution < 1.29 is 22.3 Å². The minimum atomic E-state index is -4.03. The van der Waals surface area contributed by atoms with E-state index < -0.39 is 16.1 Å². The lowest BCUT2D eigenvalue weighted by Crippen LogP contribution is -2.48. The topological polar surface area (TPSA) is 113 Å². The average Bonchev–Trinajstić information content (AvgIpc) is 3.35. The highest BCUT2D eigenvalue weighted by molar-refractivity contribution is 7.87. The van der Waals surface area contributed by atoms with Gasteiger partial charge in [-0.2, -0.15) is 17.8 Å². The van der Waals surface area contributed by atoms with Crippen molar-refractivity contribution in [2.75, 3.05) is 58.4 Å². The molecule has 2 aromatic heterocycles. The number of carbonyl (C=O) groups is 1. The molecule has 1 aliphatic carbocycles. The van der Waals surface area contributed by atoms with E-state index in [4.69, 9.17) is 14.8 Å². The lowest BCUT2D eigenvalue weighted by atomic mass is 9.81. The number of nitrogens with zero attached hydrogens (tertiary/aromatic N) is 6. The second-order valence-corrected chi connectivity index (χ2v) is 13.9. The summed E-state index contributed by atoms with van der Waals surface area (Å²) >= 11 is 0. The Labute approximate surface area is 252 Å². The Bertz CT molecular complexity index is 1580. The molecular weight excluding hydrogens is 573 g/mol. The van der Waals surface area contributed by atoms with E-state index in [9.17, 15) is 17.6 Å². The highest BCUT2D eigenvalue weighted by Crippen LogP contribution is 2.43. The van der Waals surface area contributed by atoms with Gasteiger partial charge < -0.3 is 9.64 Å². The van der Waals surface area contributed by atoms with Crippen LogP contribution in [0.5, 0.6) is 0 Å². The summed E-state index contributed by atoms with van der Waals surface area (Å²) in [6, 6.07) is 8.17. The number of anilines is 1. The predicted molar refractivity (Wildman–Crippen MR) is 162 cm³/mol. The number of piperidine rings is 1. The number of aromatic nitrogens is 3. The van der Waals surface area contributed by atoms with E-state index in [0.29, 0.717) is 23.3 Å². The Morgan fingerprint density at radius 3 is 2.35 bits per heavy atom. The first-order chi connectivity index (χ1) is 20.6. The van der Waals surface area contributed by atoms with Gasteiger partial charge in [-0.25, -0.2) is 18.8 Å². The number of rotatable bonds is 8. The van der Waals surface area contributed by atoms with Crippen molar-refractivity contribution in [1.29, 1.82) is 0 Å². The maximum atomic E-state index is 13.8. The third-order valence-electron chi connectivity index (χ3n) is 9.33. The number of pyridine rings is 1. The predicted octanol–water partition coefficient (Wildman–Crippen LogP) is 3.30. The van der Waals surface area contributed by atoms with Gasteiger partial charge in [-0.1, -0.05) is 6.42 Å². The second kappa shape index (κ2) is 12.1. The van der Waals surface area contributed by atoms with Gasteiger partial charge in [0.15, 0.2) is 5.65 Å². The fourth-order valence-electron chi connectivity index (χ4n) is 6.38. The quantitative estimate of drug-likeness (QED) is 0.412. The van der Waals surface area contributed by atoms with E-state index >= 15 is 0 Å². The number of morpholine rings is 1. The van der Waals surface area contributed by atoms with Gasteiger partial charge in [0.25, 0.3) is 5.91 Å². The third-order valence-corrected chi connectivity index (χ3v) is 10.7. The van der Waals surface area contributed by atoms with Gasteiger partial charge in [0, 0.05) is 52.2 Å². The van der Waals surface area contributed by atoms with Gasteiger partial charge in [0.05, 0.1) is 35.7 Å². The van der Waals surface area contributed by atoms with E-state index in [0.717, 1.165) is 92.6 Å². The van der Waals surface area contributed by atoms with Crippen molar-refractivity contribution in [3.63, 3.8) is 0 Å². The largest absolute Gasteiger partial charge is 0.379 e. The van der Waals surface area contributed by atoms with Gasteiger partial charge in [-0.05, 0) is 68.9 Å². The van der Waals surface area contributed by atoms with Crippen LogP contribution in [0.4, 0.5) is 10.1 Å². The molecule has 0 bridgehead atoms. The summed E-state index contributed by atoms with van der Waals surface area (Å²) in [7, 11) is -1.32. The molecule has 2 saturated heterocycles. The molecule has 43 heavy (non-hydrogen) atoms. The Morgan fingerprint density at radius 1 is 1.07 bits per heavy atom. The van der Waals surface area contributed by atoms with Crippen molar-refractivity contribution in [3.05, 3.63) is 47.5 Å². The zero-order chi connectivity index (χ0) is 30.3. The first-order valence-corrected chi connectivity index (χ1v) is 16.6. The number of fused-ring (bicyclic) bond motifs is 1. The summed E-state index contributed by atoms with van der Waals surface area (Å²) < 4.78 is 49.2. The maximum absolute atomic E-state index is 13.8. The van der Waals surface area contributed by atoms with Crippen LogP contribution in [0.15, 0.2) is 30.3 Å². The van der Waals surface area contributed by atoms with Crippen LogP contribution in [0.25, 0.3) is 16.7 Å². The van der Waals surface area contributed by atoms with E-state index in [1.165, 1.54) is 26.2 Å². The Morgan fingerprint density at radius 2 is 1.74 bits per heavy atom. The molecule has 3 aromatic rings. The molecule has 3 fully saturated rings. The molecule has 4 heterocycles. The minimum absolute atomic E-state index is 0.0137. The molecule has 0 radical (unpaired) electrons. The van der Waals surface area contributed by atoms with Crippen LogP contribution in [0.1, 0.15) is 61.1 Å². The van der Waals surface area contributed by atoms with Gasteiger partial charge >= 0.3 is 10.2 Å². The summed E-state index contributed by atoms with van der Waals surface area (Å²) in [5.41, 5.74) is 2.82. The summed E-state index contributed by atoms with van der Waals surface area (Å²) in [5, 5.41) is 5.88. The SMILES string of the molecule is C[C@H](C1CCN(c2cc(C(=O)NS(=O)(=O)N(C)C)nc3c2c(C2CCC2)nn3-c2ccc(F)cc2)CC1)N1CCOCC1. The number of carbonyl (C=O) groups excluding carboxylic acids is 1. The molecule has 1 saturated carbocycles. The number of ether oxygens (including phenoxy) is 1. The summed E-state index contributed by atoms with van der Waals surface area (Å²) in [5.74, 6) is -0.383. The number of amides is 1. The molecule has 232 valence electrons. The number of hydrogen-bond acceptors (Lipinski definition) is 8. The van der Waals surface area contributed by atoms with E-state index in [2.05, 4.69) is 21.4 Å². The summed E-state index contributed by atoms with van der Waals surface area (Å²) in [6.07, 6.45) is 5.12. The molecular formula is C30H40FN7O4S. The Kier molecular flexibility index (Phi) is 8.42. The molecule has 1 N–H and O–H groups in total. The highest BCUT2D eigenvalue weighted by Gasteiger charge is 2.34. The molecule has 0 unspecified atom stereocenters. The molecule has 1 atom stereocenters. The standard InChI is InChI=1S/C30H40FN7O4S/c1-20(36-15-17-42-18-16-36)21-11-13-37(14-12-21)26-19-25(30(39)34-43(40,41)35(2)3)32-29-27(26)28(22-5-4-6-22)33-38(29)24-9-7-23(31)8-10-24/h7-10,19-22H,4-6,11-18H2,1-3H3,(H,34,39)/t20-/m1/s1. The van der Waals surface area contributed by atoms with Crippen LogP contribution in [-0.2, 0) is 14.9 Å². The monoisotopic (exact) mass is 613 g/mol. The average molecular weight is 614 g/mol. The molecule has 6 rings (SSSR count). The van der Waals surface area contributed by atoms with E-state index in [-0.39, 0.29) is 17.4 Å². The highest BCUT2D eigenvalue weighted by atomic mass is 32.2. The summed E-state index contributed by atoms with van der Waals surface area (Å²) in [6.45, 7) is 7.35. The van der Waals surface area contributed by atoms with Crippen molar-refractivity contribution in [2.45, 2.75) is 51.0 Å². The van der Waals surface area contributed by atoms with E-state index in [1.807, 2.05) is 0 Å². The van der Waals surface area contributed by atoms with Crippen LogP contribution in [-0.4, -0.2) is 97.8 Å². The minimum Gasteiger partial charge on any atom is -0.379 e.